The summed E-state index contributed by atoms with van der Waals surface area (Å²) in [5, 5.41) is 5.69. The van der Waals surface area contributed by atoms with E-state index >= 15 is 0 Å². The number of nitrogens with zero attached hydrogens (tertiary/aromatic N) is 2. The van der Waals surface area contributed by atoms with Crippen LogP contribution in [0.5, 0.6) is 0 Å². The average molecular weight is 354 g/mol. The second kappa shape index (κ2) is 9.10. The summed E-state index contributed by atoms with van der Waals surface area (Å²) in [4.78, 5) is 30.9. The number of aromatic nitrogens is 1. The zero-order valence-corrected chi connectivity index (χ0v) is 15.7. The molecule has 2 amide bonds. The summed E-state index contributed by atoms with van der Waals surface area (Å²) in [6.45, 7) is 5.40. The van der Waals surface area contributed by atoms with Gasteiger partial charge >= 0.3 is 0 Å². The van der Waals surface area contributed by atoms with Gasteiger partial charge < -0.3 is 15.5 Å². The first kappa shape index (κ1) is 19.6. The molecule has 2 rings (SSSR count). The van der Waals surface area contributed by atoms with E-state index in [1.165, 1.54) is 0 Å². The van der Waals surface area contributed by atoms with Gasteiger partial charge in [-0.05, 0) is 43.8 Å². The molecule has 0 spiro atoms. The number of benzene rings is 1. The summed E-state index contributed by atoms with van der Waals surface area (Å²) in [6, 6.07) is 12.5. The van der Waals surface area contributed by atoms with E-state index < -0.39 is 0 Å². The molecule has 0 aliphatic heterocycles. The van der Waals surface area contributed by atoms with Gasteiger partial charge in [-0.25, -0.2) is 4.98 Å². The maximum absolute atomic E-state index is 12.6. The van der Waals surface area contributed by atoms with Crippen LogP contribution in [0.4, 0.5) is 5.69 Å². The highest BCUT2D eigenvalue weighted by Gasteiger charge is 2.14. The van der Waals surface area contributed by atoms with Crippen molar-refractivity contribution in [3.8, 4) is 0 Å². The van der Waals surface area contributed by atoms with Crippen molar-refractivity contribution in [1.82, 2.24) is 15.2 Å². The Labute approximate surface area is 154 Å². The molecular weight excluding hydrogens is 328 g/mol. The lowest BCUT2D eigenvalue weighted by Gasteiger charge is -2.13. The fourth-order valence-electron chi connectivity index (χ4n) is 2.47. The normalized spacial score (nSPS) is 10.8. The summed E-state index contributed by atoms with van der Waals surface area (Å²) in [5.74, 6) is -0.335. The molecule has 6 nitrogen and oxygen atoms in total. The van der Waals surface area contributed by atoms with Crippen molar-refractivity contribution in [2.75, 3.05) is 32.5 Å². The number of anilines is 1. The zero-order valence-electron chi connectivity index (χ0n) is 15.7. The molecule has 1 aromatic heterocycles. The van der Waals surface area contributed by atoms with Crippen LogP contribution < -0.4 is 10.6 Å². The molecule has 0 aliphatic carbocycles. The largest absolute Gasteiger partial charge is 0.349 e. The molecule has 26 heavy (non-hydrogen) atoms. The van der Waals surface area contributed by atoms with Crippen LogP contribution in [-0.4, -0.2) is 48.9 Å². The van der Waals surface area contributed by atoms with E-state index in [1.54, 1.807) is 18.2 Å². The number of likely N-dealkylation sites (N-methyl/N-ethyl adjacent to an activating group) is 1. The van der Waals surface area contributed by atoms with Crippen LogP contribution >= 0.6 is 0 Å². The zero-order chi connectivity index (χ0) is 19.1. The van der Waals surface area contributed by atoms with Gasteiger partial charge in [-0.3, -0.25) is 9.59 Å². The van der Waals surface area contributed by atoms with Crippen molar-refractivity contribution < 1.29 is 9.59 Å². The van der Waals surface area contributed by atoms with Crippen molar-refractivity contribution in [2.45, 2.75) is 19.8 Å². The minimum absolute atomic E-state index is 0.212. The smallest absolute Gasteiger partial charge is 0.274 e. The molecule has 0 aliphatic rings. The first-order valence-corrected chi connectivity index (χ1v) is 8.68. The standard InChI is InChI=1S/C20H26N4O2/c1-14(2)15-8-5-6-9-16(15)23-20(26)18-11-7-10-17(22-18)19(25)21-12-13-24(3)4/h5-11,14H,12-13H2,1-4H3,(H,21,25)(H,23,26). The van der Waals surface area contributed by atoms with Gasteiger partial charge in [0.05, 0.1) is 0 Å². The van der Waals surface area contributed by atoms with Gasteiger partial charge in [0.2, 0.25) is 0 Å². The van der Waals surface area contributed by atoms with Crippen molar-refractivity contribution in [3.63, 3.8) is 0 Å². The van der Waals surface area contributed by atoms with Crippen LogP contribution in [0.25, 0.3) is 0 Å². The van der Waals surface area contributed by atoms with E-state index in [0.717, 1.165) is 17.8 Å². The summed E-state index contributed by atoms with van der Waals surface area (Å²) in [5.41, 5.74) is 2.26. The van der Waals surface area contributed by atoms with Gasteiger partial charge in [0, 0.05) is 18.8 Å². The van der Waals surface area contributed by atoms with Crippen LogP contribution in [0, 0.1) is 0 Å². The summed E-state index contributed by atoms with van der Waals surface area (Å²) >= 11 is 0. The molecular formula is C20H26N4O2. The van der Waals surface area contributed by atoms with E-state index in [1.807, 2.05) is 43.3 Å². The summed E-state index contributed by atoms with van der Waals surface area (Å²) < 4.78 is 0. The van der Waals surface area contributed by atoms with E-state index in [9.17, 15) is 9.59 Å². The Hall–Kier alpha value is -2.73. The summed E-state index contributed by atoms with van der Waals surface area (Å²) in [6.07, 6.45) is 0. The summed E-state index contributed by atoms with van der Waals surface area (Å²) in [7, 11) is 3.87. The van der Waals surface area contributed by atoms with Crippen molar-refractivity contribution in [1.29, 1.82) is 0 Å². The second-order valence-electron chi connectivity index (χ2n) is 6.66. The average Bonchev–Trinajstić information content (AvgIpc) is 2.61. The van der Waals surface area contributed by atoms with E-state index in [2.05, 4.69) is 29.5 Å². The van der Waals surface area contributed by atoms with Gasteiger partial charge in [0.25, 0.3) is 11.8 Å². The first-order valence-electron chi connectivity index (χ1n) is 8.68. The first-order chi connectivity index (χ1) is 12.4. The van der Waals surface area contributed by atoms with E-state index in [0.29, 0.717) is 6.54 Å². The highest BCUT2D eigenvalue weighted by Crippen LogP contribution is 2.24. The van der Waals surface area contributed by atoms with E-state index in [4.69, 9.17) is 0 Å². The van der Waals surface area contributed by atoms with Crippen LogP contribution in [0.3, 0.4) is 0 Å². The molecule has 0 unspecified atom stereocenters. The molecule has 2 aromatic rings. The third-order valence-electron chi connectivity index (χ3n) is 3.89. The Balaban J connectivity index is 2.10. The van der Waals surface area contributed by atoms with E-state index in [-0.39, 0.29) is 29.1 Å². The molecule has 0 fully saturated rings. The number of rotatable bonds is 7. The molecule has 1 aromatic carbocycles. The quantitative estimate of drug-likeness (QED) is 0.802. The molecule has 0 atom stereocenters. The highest BCUT2D eigenvalue weighted by molar-refractivity contribution is 6.04. The highest BCUT2D eigenvalue weighted by atomic mass is 16.2. The molecule has 2 N–H and O–H groups in total. The number of para-hydroxylation sites is 1. The van der Waals surface area contributed by atoms with Gasteiger partial charge in [0.15, 0.2) is 0 Å². The lowest BCUT2D eigenvalue weighted by molar-refractivity contribution is 0.0946. The number of amides is 2. The molecule has 0 saturated heterocycles. The minimum Gasteiger partial charge on any atom is -0.349 e. The maximum Gasteiger partial charge on any atom is 0.274 e. The molecule has 0 radical (unpaired) electrons. The van der Waals surface area contributed by atoms with Crippen molar-refractivity contribution >= 4 is 17.5 Å². The molecule has 1 heterocycles. The second-order valence-corrected chi connectivity index (χ2v) is 6.66. The van der Waals surface area contributed by atoms with Gasteiger partial charge in [-0.2, -0.15) is 0 Å². The molecule has 6 heteroatoms. The van der Waals surface area contributed by atoms with Crippen LogP contribution in [0.2, 0.25) is 0 Å². The number of hydrogen-bond donors (Lipinski definition) is 2. The Morgan fingerprint density at radius 3 is 2.31 bits per heavy atom. The minimum atomic E-state index is -0.332. The molecule has 0 saturated carbocycles. The topological polar surface area (TPSA) is 74.3 Å². The SMILES string of the molecule is CC(C)c1ccccc1NC(=O)c1cccc(C(=O)NCCN(C)C)n1. The van der Waals surface area contributed by atoms with Crippen LogP contribution in [0.1, 0.15) is 46.3 Å². The Kier molecular flexibility index (Phi) is 6.86. The van der Waals surface area contributed by atoms with Crippen LogP contribution in [-0.2, 0) is 0 Å². The maximum atomic E-state index is 12.6. The number of hydrogen-bond acceptors (Lipinski definition) is 4. The Morgan fingerprint density at radius 2 is 1.65 bits per heavy atom. The van der Waals surface area contributed by atoms with Crippen molar-refractivity contribution in [3.05, 3.63) is 59.4 Å². The van der Waals surface area contributed by atoms with Gasteiger partial charge in [-0.1, -0.05) is 38.1 Å². The number of carbonyl (C=O) groups excluding carboxylic acids is 2. The molecule has 0 bridgehead atoms. The number of pyridine rings is 1. The van der Waals surface area contributed by atoms with Gasteiger partial charge in [0.1, 0.15) is 11.4 Å². The van der Waals surface area contributed by atoms with Crippen LogP contribution in [0.15, 0.2) is 42.5 Å². The lowest BCUT2D eigenvalue weighted by Crippen LogP contribution is -2.32. The van der Waals surface area contributed by atoms with Gasteiger partial charge in [-0.15, -0.1) is 0 Å². The number of nitrogens with one attached hydrogen (secondary N) is 2. The Morgan fingerprint density at radius 1 is 1.00 bits per heavy atom. The third-order valence-corrected chi connectivity index (χ3v) is 3.89. The van der Waals surface area contributed by atoms with Crippen molar-refractivity contribution in [2.24, 2.45) is 0 Å². The third kappa shape index (κ3) is 5.39. The predicted molar refractivity (Wildman–Crippen MR) is 104 cm³/mol. The number of carbonyl (C=O) groups is 2. The Bertz CT molecular complexity index is 772. The monoisotopic (exact) mass is 354 g/mol. The fourth-order valence-corrected chi connectivity index (χ4v) is 2.47. The fraction of sp³-hybridized carbons (Fsp3) is 0.350. The lowest BCUT2D eigenvalue weighted by atomic mass is 10.0. The molecule has 138 valence electrons. The predicted octanol–water partition coefficient (Wildman–Crippen LogP) is 2.75.